The Kier molecular flexibility index (Phi) is 13.0. The average molecular weight is 401 g/mol. The van der Waals surface area contributed by atoms with Crippen molar-refractivity contribution < 1.29 is 9.59 Å². The molecule has 2 fully saturated rings. The molecule has 2 heterocycles. The number of nitrogens with two attached hydrogens (primary N) is 2. The van der Waals surface area contributed by atoms with Crippen molar-refractivity contribution in [2.45, 2.75) is 0 Å². The monoisotopic (exact) mass is 400 g/mol. The minimum Gasteiger partial charge on any atom is -0.354 e. The van der Waals surface area contributed by atoms with Crippen molar-refractivity contribution in [1.29, 1.82) is 0 Å². The van der Waals surface area contributed by atoms with Crippen LogP contribution in [0.25, 0.3) is 0 Å². The Morgan fingerprint density at radius 3 is 1.29 bits per heavy atom. The van der Waals surface area contributed by atoms with E-state index in [1.54, 1.807) is 0 Å². The topological polar surface area (TPSA) is 123 Å². The lowest BCUT2D eigenvalue weighted by Crippen LogP contribution is -2.48. The van der Waals surface area contributed by atoms with E-state index in [9.17, 15) is 9.59 Å². The Labute approximate surface area is 169 Å². The summed E-state index contributed by atoms with van der Waals surface area (Å²) in [7, 11) is 4.21. The van der Waals surface area contributed by atoms with Crippen molar-refractivity contribution >= 4 is 11.8 Å². The first kappa shape index (κ1) is 24.7. The molecule has 10 nitrogen and oxygen atoms in total. The largest absolute Gasteiger partial charge is 0.354 e. The number of carbonyl (C=O) groups is 2. The lowest BCUT2D eigenvalue weighted by molar-refractivity contribution is -0.123. The van der Waals surface area contributed by atoms with Gasteiger partial charge in [-0.25, -0.2) is 0 Å². The maximum Gasteiger partial charge on any atom is 0.234 e. The van der Waals surface area contributed by atoms with Gasteiger partial charge >= 0.3 is 0 Å². The van der Waals surface area contributed by atoms with Gasteiger partial charge in [0.15, 0.2) is 0 Å². The van der Waals surface area contributed by atoms with Gasteiger partial charge < -0.3 is 31.9 Å². The molecule has 0 spiro atoms. The van der Waals surface area contributed by atoms with Crippen LogP contribution in [0.15, 0.2) is 0 Å². The zero-order valence-corrected chi connectivity index (χ0v) is 17.7. The van der Waals surface area contributed by atoms with Crippen LogP contribution in [0.4, 0.5) is 0 Å². The van der Waals surface area contributed by atoms with Gasteiger partial charge in [0.05, 0.1) is 13.1 Å². The van der Waals surface area contributed by atoms with Crippen LogP contribution in [0.3, 0.4) is 0 Å². The van der Waals surface area contributed by atoms with Crippen LogP contribution in [0.2, 0.25) is 0 Å². The molecule has 2 saturated heterocycles. The molecule has 2 amide bonds. The molecule has 2 aliphatic heterocycles. The predicted molar refractivity (Wildman–Crippen MR) is 112 cm³/mol. The normalized spacial score (nSPS) is 19.6. The molecule has 28 heavy (non-hydrogen) atoms. The number of rotatable bonds is 8. The molecule has 0 aromatic rings. The molecular formula is C18H40N8O2. The van der Waals surface area contributed by atoms with E-state index in [0.29, 0.717) is 39.3 Å². The van der Waals surface area contributed by atoms with Crippen LogP contribution in [-0.2, 0) is 9.59 Å². The van der Waals surface area contributed by atoms with Gasteiger partial charge in [-0.15, -0.1) is 0 Å². The Morgan fingerprint density at radius 2 is 1.00 bits per heavy atom. The van der Waals surface area contributed by atoms with Gasteiger partial charge in [0.25, 0.3) is 0 Å². The molecule has 2 rings (SSSR count). The van der Waals surface area contributed by atoms with Gasteiger partial charge in [-0.2, -0.15) is 0 Å². The summed E-state index contributed by atoms with van der Waals surface area (Å²) in [4.78, 5) is 31.5. The minimum absolute atomic E-state index is 0.0833. The summed E-state index contributed by atoms with van der Waals surface area (Å²) in [5.41, 5.74) is 10.6. The van der Waals surface area contributed by atoms with E-state index in [2.05, 4.69) is 44.3 Å². The quantitative estimate of drug-likeness (QED) is 0.333. The van der Waals surface area contributed by atoms with Gasteiger partial charge in [0.2, 0.25) is 11.8 Å². The van der Waals surface area contributed by atoms with Crippen molar-refractivity contribution in [2.24, 2.45) is 11.5 Å². The van der Waals surface area contributed by atoms with Crippen LogP contribution >= 0.6 is 0 Å². The van der Waals surface area contributed by atoms with Crippen LogP contribution in [0, 0.1) is 0 Å². The van der Waals surface area contributed by atoms with Gasteiger partial charge in [0.1, 0.15) is 0 Å². The number of carbonyl (C=O) groups excluding carboxylic acids is 2. The first-order valence-electron chi connectivity index (χ1n) is 10.2. The Hall–Kier alpha value is -1.30. The molecule has 10 heteroatoms. The van der Waals surface area contributed by atoms with Crippen molar-refractivity contribution in [2.75, 3.05) is 106 Å². The Bertz CT molecular complexity index is 395. The number of hydrogen-bond donors (Lipinski definition) is 4. The second-order valence-corrected chi connectivity index (χ2v) is 7.44. The lowest BCUT2D eigenvalue weighted by Gasteiger charge is -2.31. The zero-order valence-electron chi connectivity index (χ0n) is 17.7. The molecule has 164 valence electrons. The molecule has 0 radical (unpaired) electrons. The van der Waals surface area contributed by atoms with E-state index in [1.807, 2.05) is 0 Å². The van der Waals surface area contributed by atoms with E-state index in [1.165, 1.54) is 0 Å². The number of nitrogens with zero attached hydrogens (tertiary/aromatic N) is 4. The number of hydrogen-bond acceptors (Lipinski definition) is 8. The fourth-order valence-electron chi connectivity index (χ4n) is 2.95. The maximum atomic E-state index is 11.3. The first-order valence-corrected chi connectivity index (χ1v) is 10.2. The summed E-state index contributed by atoms with van der Waals surface area (Å²) in [6.45, 7) is 11.3. The number of likely N-dealkylation sites (N-methyl/N-ethyl adjacent to an activating group) is 2. The third-order valence-electron chi connectivity index (χ3n) is 4.86. The predicted octanol–water partition coefficient (Wildman–Crippen LogP) is -3.38. The van der Waals surface area contributed by atoms with Gasteiger partial charge in [-0.3, -0.25) is 19.4 Å². The van der Waals surface area contributed by atoms with E-state index < -0.39 is 0 Å². The summed E-state index contributed by atoms with van der Waals surface area (Å²) in [5.74, 6) is 0.167. The van der Waals surface area contributed by atoms with Crippen LogP contribution in [-0.4, -0.2) is 137 Å². The molecule has 2 aliphatic rings. The fourth-order valence-corrected chi connectivity index (χ4v) is 2.95. The van der Waals surface area contributed by atoms with Crippen molar-refractivity contribution in [3.63, 3.8) is 0 Å². The summed E-state index contributed by atoms with van der Waals surface area (Å²) < 4.78 is 0. The molecule has 0 aromatic carbocycles. The first-order chi connectivity index (χ1) is 13.4. The van der Waals surface area contributed by atoms with E-state index in [0.717, 1.165) is 52.4 Å². The van der Waals surface area contributed by atoms with Crippen LogP contribution < -0.4 is 22.1 Å². The van der Waals surface area contributed by atoms with Crippen molar-refractivity contribution in [3.05, 3.63) is 0 Å². The third-order valence-corrected chi connectivity index (χ3v) is 4.86. The van der Waals surface area contributed by atoms with Gasteiger partial charge in [-0.05, 0) is 14.1 Å². The Morgan fingerprint density at radius 1 is 0.679 bits per heavy atom. The highest BCUT2D eigenvalue weighted by molar-refractivity contribution is 5.78. The highest BCUT2D eigenvalue weighted by Gasteiger charge is 2.16. The summed E-state index contributed by atoms with van der Waals surface area (Å²) in [5, 5.41) is 5.54. The second-order valence-electron chi connectivity index (χ2n) is 7.44. The standard InChI is InChI=1S/2C9H20N4O/c2*1-12-4-6-13(7-5-12)8-9(14)11-3-2-10/h2*2-8,10H2,1H3,(H,11,14). The zero-order chi connectivity index (χ0) is 20.8. The molecule has 0 atom stereocenters. The third kappa shape index (κ3) is 11.5. The minimum atomic E-state index is 0.0833. The molecule has 0 unspecified atom stereocenters. The summed E-state index contributed by atoms with van der Waals surface area (Å²) in [6.07, 6.45) is 0. The fraction of sp³-hybridized carbons (Fsp3) is 0.889. The second kappa shape index (κ2) is 14.7. The SMILES string of the molecule is CN1CCN(CC(=O)NCCN)CC1.CN1CCN(CC(=O)NCCN)CC1. The number of nitrogens with one attached hydrogen (secondary N) is 2. The van der Waals surface area contributed by atoms with Crippen molar-refractivity contribution in [1.82, 2.24) is 30.2 Å². The Balaban J connectivity index is 0.000000280. The van der Waals surface area contributed by atoms with Crippen LogP contribution in [0.5, 0.6) is 0 Å². The van der Waals surface area contributed by atoms with Crippen LogP contribution in [0.1, 0.15) is 0 Å². The lowest BCUT2D eigenvalue weighted by atomic mass is 10.3. The number of piperazine rings is 2. The number of amides is 2. The highest BCUT2D eigenvalue weighted by atomic mass is 16.2. The van der Waals surface area contributed by atoms with Crippen molar-refractivity contribution in [3.8, 4) is 0 Å². The van der Waals surface area contributed by atoms with Gasteiger partial charge in [-0.1, -0.05) is 0 Å². The van der Waals surface area contributed by atoms with Gasteiger partial charge in [0, 0.05) is 78.5 Å². The molecular weight excluding hydrogens is 360 g/mol. The molecule has 0 aliphatic carbocycles. The average Bonchev–Trinajstić information content (AvgIpc) is 2.69. The molecule has 0 saturated carbocycles. The summed E-state index contributed by atoms with van der Waals surface area (Å²) in [6, 6.07) is 0. The van der Waals surface area contributed by atoms with E-state index in [-0.39, 0.29) is 11.8 Å². The van der Waals surface area contributed by atoms with E-state index in [4.69, 9.17) is 11.5 Å². The summed E-state index contributed by atoms with van der Waals surface area (Å²) >= 11 is 0. The molecule has 6 N–H and O–H groups in total. The smallest absolute Gasteiger partial charge is 0.234 e. The molecule has 0 aromatic heterocycles. The van der Waals surface area contributed by atoms with E-state index >= 15 is 0 Å². The maximum absolute atomic E-state index is 11.3. The molecule has 0 bridgehead atoms. The highest BCUT2D eigenvalue weighted by Crippen LogP contribution is 1.98.